The maximum atomic E-state index is 13.1. The van der Waals surface area contributed by atoms with E-state index >= 15 is 0 Å². The largest absolute Gasteiger partial charge is 0.493 e. The quantitative estimate of drug-likeness (QED) is 0.372. The number of nitrogens with one attached hydrogen (secondary N) is 1. The number of carbonyl (C=O) groups is 2. The van der Waals surface area contributed by atoms with Crippen molar-refractivity contribution in [1.82, 2.24) is 0 Å². The molecule has 0 saturated heterocycles. The first kappa shape index (κ1) is 21.8. The van der Waals surface area contributed by atoms with Gasteiger partial charge in [0.1, 0.15) is 10.8 Å². The molecule has 1 aliphatic carbocycles. The average molecular weight is 480 g/mol. The van der Waals surface area contributed by atoms with Gasteiger partial charge in [-0.2, -0.15) is 0 Å². The highest BCUT2D eigenvalue weighted by Crippen LogP contribution is 2.39. The molecule has 0 saturated carbocycles. The number of unbranched alkanes of at least 4 members (excludes halogenated alkanes) is 1. The van der Waals surface area contributed by atoms with Crippen molar-refractivity contribution in [3.63, 3.8) is 0 Å². The van der Waals surface area contributed by atoms with Gasteiger partial charge in [-0.25, -0.2) is 4.79 Å². The summed E-state index contributed by atoms with van der Waals surface area (Å²) in [6, 6.07) is 5.39. The van der Waals surface area contributed by atoms with Crippen molar-refractivity contribution >= 4 is 44.1 Å². The molecule has 0 spiro atoms. The van der Waals surface area contributed by atoms with Crippen molar-refractivity contribution in [3.8, 4) is 5.75 Å². The molecule has 1 aliphatic rings. The summed E-state index contributed by atoms with van der Waals surface area (Å²) in [6.45, 7) is 4.74. The second kappa shape index (κ2) is 10.3. The molecule has 2 aromatic rings. The third-order valence-electron chi connectivity index (χ3n) is 4.82. The van der Waals surface area contributed by atoms with Crippen LogP contribution in [-0.2, 0) is 17.6 Å². The second-order valence-electron chi connectivity index (χ2n) is 6.93. The summed E-state index contributed by atoms with van der Waals surface area (Å²) < 4.78 is 11.9. The number of aryl methyl sites for hydroxylation is 1. The van der Waals surface area contributed by atoms with Gasteiger partial charge in [0.05, 0.1) is 24.3 Å². The van der Waals surface area contributed by atoms with Crippen LogP contribution in [0.4, 0.5) is 5.00 Å². The Labute approximate surface area is 183 Å². The zero-order valence-corrected chi connectivity index (χ0v) is 19.2. The Kier molecular flexibility index (Phi) is 7.72. The lowest BCUT2D eigenvalue weighted by Crippen LogP contribution is -2.17. The molecule has 29 heavy (non-hydrogen) atoms. The monoisotopic (exact) mass is 479 g/mol. The number of hydrogen-bond donors (Lipinski definition) is 1. The highest BCUT2D eigenvalue weighted by molar-refractivity contribution is 9.10. The van der Waals surface area contributed by atoms with Gasteiger partial charge >= 0.3 is 5.97 Å². The highest BCUT2D eigenvalue weighted by atomic mass is 79.9. The van der Waals surface area contributed by atoms with Crippen LogP contribution in [0.2, 0.25) is 0 Å². The summed E-state index contributed by atoms with van der Waals surface area (Å²) in [7, 11) is 0. The summed E-state index contributed by atoms with van der Waals surface area (Å²) in [5, 5.41) is 3.53. The van der Waals surface area contributed by atoms with Crippen molar-refractivity contribution in [2.24, 2.45) is 0 Å². The number of fused-ring (bicyclic) bond motifs is 1. The van der Waals surface area contributed by atoms with Crippen molar-refractivity contribution in [3.05, 3.63) is 44.2 Å². The van der Waals surface area contributed by atoms with Gasteiger partial charge in [0.2, 0.25) is 0 Å². The number of benzene rings is 1. The molecule has 5 nitrogen and oxygen atoms in total. The minimum atomic E-state index is -0.365. The number of carbonyl (C=O) groups excluding carboxylic acids is 2. The number of amides is 1. The Morgan fingerprint density at radius 2 is 2.00 bits per heavy atom. The number of anilines is 1. The van der Waals surface area contributed by atoms with Gasteiger partial charge in [-0.05, 0) is 62.8 Å². The molecule has 0 unspecified atom stereocenters. The number of hydrogen-bond acceptors (Lipinski definition) is 5. The van der Waals surface area contributed by atoms with Gasteiger partial charge in [0.25, 0.3) is 5.91 Å². The van der Waals surface area contributed by atoms with E-state index in [1.807, 2.05) is 6.07 Å². The molecule has 0 aliphatic heterocycles. The molecule has 1 amide bonds. The van der Waals surface area contributed by atoms with Gasteiger partial charge < -0.3 is 14.8 Å². The molecular weight excluding hydrogens is 454 g/mol. The lowest BCUT2D eigenvalue weighted by molar-refractivity contribution is 0.0526. The molecule has 0 radical (unpaired) electrons. The van der Waals surface area contributed by atoms with E-state index in [-0.39, 0.29) is 11.9 Å². The summed E-state index contributed by atoms with van der Waals surface area (Å²) in [4.78, 5) is 26.9. The van der Waals surface area contributed by atoms with E-state index in [4.69, 9.17) is 9.47 Å². The van der Waals surface area contributed by atoms with Crippen LogP contribution in [0, 0.1) is 0 Å². The summed E-state index contributed by atoms with van der Waals surface area (Å²) >= 11 is 4.91. The van der Waals surface area contributed by atoms with E-state index in [0.29, 0.717) is 35.1 Å². The molecule has 0 atom stereocenters. The second-order valence-corrected chi connectivity index (χ2v) is 8.95. The Balaban J connectivity index is 1.90. The normalized spacial score (nSPS) is 12.9. The van der Waals surface area contributed by atoms with Crippen LogP contribution in [0.1, 0.15) is 70.7 Å². The van der Waals surface area contributed by atoms with E-state index in [2.05, 4.69) is 28.2 Å². The molecule has 3 rings (SSSR count). The fourth-order valence-corrected chi connectivity index (χ4v) is 5.01. The van der Waals surface area contributed by atoms with Gasteiger partial charge in [0, 0.05) is 9.35 Å². The van der Waals surface area contributed by atoms with Crippen LogP contribution in [0.5, 0.6) is 5.75 Å². The highest BCUT2D eigenvalue weighted by Gasteiger charge is 2.28. The third kappa shape index (κ3) is 5.20. The molecule has 0 bridgehead atoms. The van der Waals surface area contributed by atoms with Gasteiger partial charge in [-0.1, -0.05) is 29.3 Å². The first-order valence-electron chi connectivity index (χ1n) is 10.1. The van der Waals surface area contributed by atoms with Crippen LogP contribution in [0.3, 0.4) is 0 Å². The number of rotatable bonds is 8. The Morgan fingerprint density at radius 1 is 1.21 bits per heavy atom. The third-order valence-corrected chi connectivity index (χ3v) is 6.52. The standard InChI is InChI=1S/C22H26BrNO4S/c1-3-5-12-28-17-11-10-14(23)13-16(17)20(25)24-21-19(22(26)27-4-2)15-8-6-7-9-18(15)29-21/h10-11,13H,3-9,12H2,1-2H3,(H,24,25). The van der Waals surface area contributed by atoms with Crippen molar-refractivity contribution in [2.45, 2.75) is 52.4 Å². The Morgan fingerprint density at radius 3 is 2.76 bits per heavy atom. The first-order valence-corrected chi connectivity index (χ1v) is 11.7. The Hall–Kier alpha value is -1.86. The van der Waals surface area contributed by atoms with Gasteiger partial charge in [-0.3, -0.25) is 4.79 Å². The number of halogens is 1. The van der Waals surface area contributed by atoms with Crippen LogP contribution < -0.4 is 10.1 Å². The maximum Gasteiger partial charge on any atom is 0.341 e. The molecule has 1 aromatic carbocycles. The predicted molar refractivity (Wildman–Crippen MR) is 119 cm³/mol. The first-order chi connectivity index (χ1) is 14.0. The molecule has 156 valence electrons. The summed E-state index contributed by atoms with van der Waals surface area (Å²) in [6.07, 6.45) is 5.86. The van der Waals surface area contributed by atoms with Gasteiger partial charge in [0.15, 0.2) is 0 Å². The summed E-state index contributed by atoms with van der Waals surface area (Å²) in [5.74, 6) is -0.115. The van der Waals surface area contributed by atoms with E-state index in [9.17, 15) is 9.59 Å². The SMILES string of the molecule is CCCCOc1ccc(Br)cc1C(=O)Nc1sc2c(c1C(=O)OCC)CCCC2. The van der Waals surface area contributed by atoms with Crippen LogP contribution >= 0.6 is 27.3 Å². The fourth-order valence-electron chi connectivity index (χ4n) is 3.38. The van der Waals surface area contributed by atoms with Crippen molar-refractivity contribution in [1.29, 1.82) is 0 Å². The molecule has 1 aromatic heterocycles. The fraction of sp³-hybridized carbons (Fsp3) is 0.455. The molecule has 0 fully saturated rings. The summed E-state index contributed by atoms with van der Waals surface area (Å²) in [5.41, 5.74) is 1.99. The molecular formula is C22H26BrNO4S. The zero-order valence-electron chi connectivity index (χ0n) is 16.8. The molecule has 1 heterocycles. The van der Waals surface area contributed by atoms with Crippen molar-refractivity contribution < 1.29 is 19.1 Å². The minimum absolute atomic E-state index is 0.290. The maximum absolute atomic E-state index is 13.1. The smallest absolute Gasteiger partial charge is 0.341 e. The molecule has 1 N–H and O–H groups in total. The zero-order chi connectivity index (χ0) is 20.8. The van der Waals surface area contributed by atoms with E-state index in [1.54, 1.807) is 19.1 Å². The number of thiophene rings is 1. The number of esters is 1. The van der Waals surface area contributed by atoms with Crippen LogP contribution in [0.25, 0.3) is 0 Å². The Bertz CT molecular complexity index is 893. The predicted octanol–water partition coefficient (Wildman–Crippen LogP) is 6.00. The van der Waals surface area contributed by atoms with E-state index < -0.39 is 0 Å². The minimum Gasteiger partial charge on any atom is -0.493 e. The van der Waals surface area contributed by atoms with Gasteiger partial charge in [-0.15, -0.1) is 11.3 Å². The van der Waals surface area contributed by atoms with Crippen molar-refractivity contribution in [2.75, 3.05) is 18.5 Å². The lowest BCUT2D eigenvalue weighted by Gasteiger charge is -2.13. The average Bonchev–Trinajstić information content (AvgIpc) is 3.07. The lowest BCUT2D eigenvalue weighted by atomic mass is 9.95. The topological polar surface area (TPSA) is 64.6 Å². The molecule has 7 heteroatoms. The van der Waals surface area contributed by atoms with E-state index in [1.165, 1.54) is 16.2 Å². The van der Waals surface area contributed by atoms with E-state index in [0.717, 1.165) is 48.6 Å². The number of ether oxygens (including phenoxy) is 2. The van der Waals surface area contributed by atoms with Crippen LogP contribution in [-0.4, -0.2) is 25.1 Å². The van der Waals surface area contributed by atoms with Crippen LogP contribution in [0.15, 0.2) is 22.7 Å².